The predicted molar refractivity (Wildman–Crippen MR) is 145 cm³/mol. The van der Waals surface area contributed by atoms with Gasteiger partial charge in [0.2, 0.25) is 10.0 Å². The van der Waals surface area contributed by atoms with E-state index in [4.69, 9.17) is 4.98 Å². The van der Waals surface area contributed by atoms with Gasteiger partial charge in [0.1, 0.15) is 22.9 Å². The first-order valence-electron chi connectivity index (χ1n) is 11.9. The van der Waals surface area contributed by atoms with Crippen molar-refractivity contribution in [3.63, 3.8) is 0 Å². The topological polar surface area (TPSA) is 121 Å². The molecule has 0 spiro atoms. The van der Waals surface area contributed by atoms with Gasteiger partial charge in [0.15, 0.2) is 0 Å². The fraction of sp³-hybridized carbons (Fsp3) is 0.148. The maximum atomic E-state index is 14.5. The SMILES string of the molecule is Cc1ncc(-c2ccc3[nH]nc(-c4cc5c(-c6cc(F)cc(CNS(C)(=O)=O)c6)cccc5[nH]4)c3n2)n1C. The fourth-order valence-electron chi connectivity index (χ4n) is 4.63. The molecule has 0 unspecified atom stereocenters. The molecule has 0 fully saturated rings. The van der Waals surface area contributed by atoms with Crippen molar-refractivity contribution in [1.82, 2.24) is 34.4 Å². The molecule has 4 aromatic heterocycles. The summed E-state index contributed by atoms with van der Waals surface area (Å²) in [6.45, 7) is 1.94. The summed E-state index contributed by atoms with van der Waals surface area (Å²) in [6, 6.07) is 16.2. The second kappa shape index (κ2) is 8.89. The Balaban J connectivity index is 1.44. The number of hydrogen-bond acceptors (Lipinski definition) is 5. The van der Waals surface area contributed by atoms with Gasteiger partial charge in [-0.3, -0.25) is 5.10 Å². The van der Waals surface area contributed by atoms with Crippen LogP contribution in [-0.2, 0) is 23.6 Å². The van der Waals surface area contributed by atoms with Gasteiger partial charge >= 0.3 is 0 Å². The van der Waals surface area contributed by atoms with Gasteiger partial charge in [0, 0.05) is 24.5 Å². The number of aromatic nitrogens is 6. The van der Waals surface area contributed by atoms with Crippen LogP contribution in [0.15, 0.2) is 60.8 Å². The first-order chi connectivity index (χ1) is 18.2. The van der Waals surface area contributed by atoms with E-state index in [9.17, 15) is 12.8 Å². The fourth-order valence-corrected chi connectivity index (χ4v) is 5.06. The van der Waals surface area contributed by atoms with Crippen molar-refractivity contribution in [2.24, 2.45) is 7.05 Å². The van der Waals surface area contributed by atoms with Crippen LogP contribution in [0.2, 0.25) is 0 Å². The number of fused-ring (bicyclic) bond motifs is 2. The van der Waals surface area contributed by atoms with Crippen molar-refractivity contribution in [2.45, 2.75) is 13.5 Å². The van der Waals surface area contributed by atoms with Crippen LogP contribution in [0.25, 0.3) is 55.8 Å². The third-order valence-electron chi connectivity index (χ3n) is 6.62. The minimum absolute atomic E-state index is 0.00140. The molecule has 0 aliphatic heterocycles. The van der Waals surface area contributed by atoms with Gasteiger partial charge in [-0.2, -0.15) is 5.10 Å². The van der Waals surface area contributed by atoms with Crippen molar-refractivity contribution >= 4 is 32.0 Å². The second-order valence-electron chi connectivity index (χ2n) is 9.31. The highest BCUT2D eigenvalue weighted by atomic mass is 32.2. The van der Waals surface area contributed by atoms with Gasteiger partial charge in [-0.25, -0.2) is 27.5 Å². The molecule has 9 nitrogen and oxygen atoms in total. The molecule has 0 atom stereocenters. The monoisotopic (exact) mass is 529 g/mol. The first kappa shape index (κ1) is 24.0. The number of imidazole rings is 1. The number of rotatable bonds is 6. The van der Waals surface area contributed by atoms with Crippen molar-refractivity contribution < 1.29 is 12.8 Å². The molecule has 6 aromatic rings. The Bertz CT molecular complexity index is 1950. The standard InChI is InChI=1S/C27H24FN7O2S/c1-15-29-14-25(35(15)2)22-7-8-23-26(32-22)27(34-33-23)24-12-20-19(5-4-6-21(20)31-24)17-9-16(10-18(28)11-17)13-30-38(3,36)37/h4-12,14,30-31H,13H2,1-3H3,(H,33,34). The number of aryl methyl sites for hydroxylation is 1. The summed E-state index contributed by atoms with van der Waals surface area (Å²) in [6.07, 6.45) is 2.88. The van der Waals surface area contributed by atoms with Crippen LogP contribution in [0, 0.1) is 12.7 Å². The maximum Gasteiger partial charge on any atom is 0.209 e. The number of nitrogens with one attached hydrogen (secondary N) is 3. The largest absolute Gasteiger partial charge is 0.353 e. The van der Waals surface area contributed by atoms with E-state index in [-0.39, 0.29) is 6.54 Å². The highest BCUT2D eigenvalue weighted by Gasteiger charge is 2.17. The number of aromatic amines is 2. The van der Waals surface area contributed by atoms with E-state index in [0.29, 0.717) is 22.3 Å². The van der Waals surface area contributed by atoms with Crippen LogP contribution in [-0.4, -0.2) is 44.4 Å². The van der Waals surface area contributed by atoms with Gasteiger partial charge < -0.3 is 9.55 Å². The van der Waals surface area contributed by atoms with Gasteiger partial charge in [-0.1, -0.05) is 12.1 Å². The number of sulfonamides is 1. The lowest BCUT2D eigenvalue weighted by molar-refractivity contribution is 0.586. The lowest BCUT2D eigenvalue weighted by Crippen LogP contribution is -2.21. The van der Waals surface area contributed by atoms with Crippen LogP contribution in [0.3, 0.4) is 0 Å². The zero-order valence-corrected chi connectivity index (χ0v) is 21.7. The summed E-state index contributed by atoms with van der Waals surface area (Å²) >= 11 is 0. The van der Waals surface area contributed by atoms with Crippen molar-refractivity contribution in [1.29, 1.82) is 0 Å². The van der Waals surface area contributed by atoms with Crippen LogP contribution < -0.4 is 4.72 Å². The zero-order valence-electron chi connectivity index (χ0n) is 20.9. The molecule has 0 saturated heterocycles. The Morgan fingerprint density at radius 3 is 2.68 bits per heavy atom. The predicted octanol–water partition coefficient (Wildman–Crippen LogP) is 4.67. The van der Waals surface area contributed by atoms with Crippen LogP contribution in [0.1, 0.15) is 11.4 Å². The third kappa shape index (κ3) is 4.35. The molecule has 192 valence electrons. The number of benzene rings is 2. The summed E-state index contributed by atoms with van der Waals surface area (Å²) in [5.41, 5.74) is 7.47. The number of halogens is 1. The molecule has 0 amide bonds. The third-order valence-corrected chi connectivity index (χ3v) is 7.29. The molecule has 2 aromatic carbocycles. The van der Waals surface area contributed by atoms with Crippen molar-refractivity contribution in [2.75, 3.05) is 6.26 Å². The van der Waals surface area contributed by atoms with Crippen LogP contribution >= 0.6 is 0 Å². The minimum atomic E-state index is -3.41. The molecule has 6 rings (SSSR count). The summed E-state index contributed by atoms with van der Waals surface area (Å²) in [4.78, 5) is 12.7. The molecule has 0 radical (unpaired) electrons. The average Bonchev–Trinajstić information content (AvgIpc) is 3.58. The highest BCUT2D eigenvalue weighted by Crippen LogP contribution is 2.35. The van der Waals surface area contributed by atoms with Crippen LogP contribution in [0.5, 0.6) is 0 Å². The lowest BCUT2D eigenvalue weighted by atomic mass is 9.99. The van der Waals surface area contributed by atoms with E-state index in [0.717, 1.165) is 51.1 Å². The number of nitrogens with zero attached hydrogens (tertiary/aromatic N) is 4. The number of H-pyrrole nitrogens is 2. The van der Waals surface area contributed by atoms with E-state index in [2.05, 4.69) is 24.9 Å². The normalized spacial score (nSPS) is 12.1. The zero-order chi connectivity index (χ0) is 26.6. The minimum Gasteiger partial charge on any atom is -0.353 e. The smallest absolute Gasteiger partial charge is 0.209 e. The van der Waals surface area contributed by atoms with Crippen LogP contribution in [0.4, 0.5) is 4.39 Å². The molecule has 0 saturated carbocycles. The van der Waals surface area contributed by atoms with Gasteiger partial charge in [0.25, 0.3) is 0 Å². The van der Waals surface area contributed by atoms with E-state index in [1.807, 2.05) is 54.9 Å². The first-order valence-corrected chi connectivity index (χ1v) is 13.8. The molecule has 11 heteroatoms. The Morgan fingerprint density at radius 2 is 1.92 bits per heavy atom. The Labute approximate surface area is 217 Å². The van der Waals surface area contributed by atoms with Gasteiger partial charge in [-0.05, 0) is 66.1 Å². The molecule has 3 N–H and O–H groups in total. The summed E-state index contributed by atoms with van der Waals surface area (Å²) in [5, 5.41) is 8.47. The van der Waals surface area contributed by atoms with Gasteiger partial charge in [0.05, 0.1) is 35.1 Å². The number of pyridine rings is 1. The van der Waals surface area contributed by atoms with Crippen molar-refractivity contribution in [3.8, 4) is 33.9 Å². The Hall–Kier alpha value is -4.35. The lowest BCUT2D eigenvalue weighted by Gasteiger charge is -2.08. The molecule has 0 aliphatic rings. The molecular formula is C27H24FN7O2S. The molecule has 0 aliphatic carbocycles. The quantitative estimate of drug-likeness (QED) is 0.290. The molecule has 38 heavy (non-hydrogen) atoms. The molecular weight excluding hydrogens is 505 g/mol. The van der Waals surface area contributed by atoms with Gasteiger partial charge in [-0.15, -0.1) is 0 Å². The van der Waals surface area contributed by atoms with E-state index in [1.54, 1.807) is 12.3 Å². The summed E-state index contributed by atoms with van der Waals surface area (Å²) < 4.78 is 42.0. The second-order valence-corrected chi connectivity index (χ2v) is 11.1. The number of hydrogen-bond donors (Lipinski definition) is 3. The Morgan fingerprint density at radius 1 is 1.08 bits per heavy atom. The highest BCUT2D eigenvalue weighted by molar-refractivity contribution is 7.88. The Kier molecular flexibility index (Phi) is 5.62. The van der Waals surface area contributed by atoms with E-state index < -0.39 is 15.8 Å². The maximum absolute atomic E-state index is 14.5. The van der Waals surface area contributed by atoms with Crippen molar-refractivity contribution in [3.05, 3.63) is 78.0 Å². The molecule has 4 heterocycles. The summed E-state index contributed by atoms with van der Waals surface area (Å²) in [5.74, 6) is 0.450. The molecule has 0 bridgehead atoms. The van der Waals surface area contributed by atoms with E-state index in [1.165, 1.54) is 12.1 Å². The average molecular weight is 530 g/mol. The summed E-state index contributed by atoms with van der Waals surface area (Å²) in [7, 11) is -1.45. The van der Waals surface area contributed by atoms with E-state index >= 15 is 0 Å².